The van der Waals surface area contributed by atoms with E-state index in [1.54, 1.807) is 0 Å². The Labute approximate surface area is 95.3 Å². The fourth-order valence-electron chi connectivity index (χ4n) is 0.793. The number of ether oxygens (including phenoxy) is 1. The van der Waals surface area contributed by atoms with Crippen LogP contribution in [0.5, 0.6) is 6.01 Å². The van der Waals surface area contributed by atoms with Crippen molar-refractivity contribution in [3.05, 3.63) is 20.4 Å². The van der Waals surface area contributed by atoms with Crippen molar-refractivity contribution in [1.82, 2.24) is 9.97 Å². The van der Waals surface area contributed by atoms with Crippen molar-refractivity contribution in [1.29, 1.82) is 0 Å². The Morgan fingerprint density at radius 2 is 1.93 bits per heavy atom. The Hall–Kier alpha value is -1.14. The van der Waals surface area contributed by atoms with Crippen LogP contribution >= 0.6 is 23.2 Å². The maximum Gasteiger partial charge on any atom is 0.343 e. The zero-order valence-electron chi connectivity index (χ0n) is 7.74. The third-order valence-electron chi connectivity index (χ3n) is 1.40. The maximum absolute atomic E-state index is 10.5. The number of nitrogens with zero attached hydrogens (tertiary/aromatic N) is 3. The summed E-state index contributed by atoms with van der Waals surface area (Å²) in [4.78, 5) is 16.9. The van der Waals surface area contributed by atoms with Crippen molar-refractivity contribution < 1.29 is 9.66 Å². The molecule has 1 aromatic heterocycles. The Morgan fingerprint density at radius 3 is 2.33 bits per heavy atom. The molecule has 8 heteroatoms. The third-order valence-corrected chi connectivity index (χ3v) is 1.92. The van der Waals surface area contributed by atoms with Crippen LogP contribution in [0.15, 0.2) is 0 Å². The van der Waals surface area contributed by atoms with Gasteiger partial charge in [0.1, 0.15) is 0 Å². The molecule has 0 aliphatic carbocycles. The molecule has 1 rings (SSSR count). The summed E-state index contributed by atoms with van der Waals surface area (Å²) in [5.41, 5.74) is -0.512. The minimum atomic E-state index is -0.742. The van der Waals surface area contributed by atoms with Gasteiger partial charge in [0.2, 0.25) is 10.3 Å². The van der Waals surface area contributed by atoms with E-state index < -0.39 is 10.6 Å². The molecule has 0 saturated carbocycles. The largest absolute Gasteiger partial charge is 0.463 e. The van der Waals surface area contributed by atoms with Crippen molar-refractivity contribution in [2.24, 2.45) is 0 Å². The predicted molar refractivity (Wildman–Crippen MR) is 54.5 cm³/mol. The fraction of sp³-hybridized carbons (Fsp3) is 0.429. The molecule has 0 amide bonds. The molecule has 82 valence electrons. The lowest BCUT2D eigenvalue weighted by molar-refractivity contribution is -0.385. The predicted octanol–water partition coefficient (Wildman–Crippen LogP) is 2.48. The summed E-state index contributed by atoms with van der Waals surface area (Å²) in [6, 6.07) is -0.0579. The third kappa shape index (κ3) is 2.90. The average molecular weight is 252 g/mol. The van der Waals surface area contributed by atoms with E-state index in [0.29, 0.717) is 6.61 Å². The van der Waals surface area contributed by atoms with Crippen LogP contribution in [-0.4, -0.2) is 21.5 Å². The molecule has 0 saturated heterocycles. The number of nitro groups is 1. The van der Waals surface area contributed by atoms with Crippen molar-refractivity contribution in [2.75, 3.05) is 6.61 Å². The van der Waals surface area contributed by atoms with E-state index in [1.807, 2.05) is 6.92 Å². The molecule has 0 aliphatic heterocycles. The van der Waals surface area contributed by atoms with E-state index in [1.165, 1.54) is 0 Å². The molecule has 1 heterocycles. The summed E-state index contributed by atoms with van der Waals surface area (Å²) in [7, 11) is 0. The molecular formula is C7H7Cl2N3O3. The van der Waals surface area contributed by atoms with Crippen molar-refractivity contribution in [3.63, 3.8) is 0 Å². The second kappa shape index (κ2) is 5.09. The first-order valence-corrected chi connectivity index (χ1v) is 4.82. The van der Waals surface area contributed by atoms with Gasteiger partial charge in [-0.25, -0.2) is 0 Å². The molecule has 0 aliphatic rings. The summed E-state index contributed by atoms with van der Waals surface area (Å²) in [5.74, 6) is 0. The smallest absolute Gasteiger partial charge is 0.343 e. The van der Waals surface area contributed by atoms with Crippen LogP contribution in [-0.2, 0) is 0 Å². The Bertz CT molecular complexity index is 363. The first kappa shape index (κ1) is 11.9. The summed E-state index contributed by atoms with van der Waals surface area (Å²) >= 11 is 11.1. The molecule has 0 radical (unpaired) electrons. The zero-order valence-corrected chi connectivity index (χ0v) is 9.25. The summed E-state index contributed by atoms with van der Waals surface area (Å²) in [6.07, 6.45) is 0.760. The summed E-state index contributed by atoms with van der Waals surface area (Å²) in [6.45, 7) is 2.29. The monoisotopic (exact) mass is 251 g/mol. The molecule has 0 bridgehead atoms. The summed E-state index contributed by atoms with van der Waals surface area (Å²) in [5, 5.41) is 9.83. The van der Waals surface area contributed by atoms with Gasteiger partial charge >= 0.3 is 11.7 Å². The quantitative estimate of drug-likeness (QED) is 0.467. The standard InChI is InChI=1S/C7H7Cl2N3O3/c1-2-3-15-7-10-5(8)4(12(13)14)6(9)11-7/h2-3H2,1H3. The van der Waals surface area contributed by atoms with Crippen molar-refractivity contribution >= 4 is 28.9 Å². The molecule has 0 fully saturated rings. The molecule has 15 heavy (non-hydrogen) atoms. The van der Waals surface area contributed by atoms with E-state index in [2.05, 4.69) is 9.97 Å². The van der Waals surface area contributed by atoms with E-state index in [9.17, 15) is 10.1 Å². The molecule has 0 spiro atoms. The highest BCUT2D eigenvalue weighted by Gasteiger charge is 2.22. The van der Waals surface area contributed by atoms with Crippen LogP contribution in [0.3, 0.4) is 0 Å². The van der Waals surface area contributed by atoms with Gasteiger partial charge in [-0.05, 0) is 6.42 Å². The van der Waals surface area contributed by atoms with Crippen LogP contribution in [0.4, 0.5) is 5.69 Å². The highest BCUT2D eigenvalue weighted by molar-refractivity contribution is 6.36. The molecule has 0 atom stereocenters. The van der Waals surface area contributed by atoms with Gasteiger partial charge in [-0.15, -0.1) is 0 Å². The summed E-state index contributed by atoms with van der Waals surface area (Å²) < 4.78 is 5.04. The average Bonchev–Trinajstić information content (AvgIpc) is 2.12. The molecule has 1 aromatic rings. The second-order valence-corrected chi connectivity index (χ2v) is 3.26. The van der Waals surface area contributed by atoms with Gasteiger partial charge in [0, 0.05) is 0 Å². The molecule has 0 unspecified atom stereocenters. The molecule has 0 aromatic carbocycles. The van der Waals surface area contributed by atoms with E-state index in [0.717, 1.165) is 6.42 Å². The normalized spacial score (nSPS) is 10.1. The number of hydrogen-bond donors (Lipinski definition) is 0. The van der Waals surface area contributed by atoms with Gasteiger partial charge in [0.15, 0.2) is 0 Å². The van der Waals surface area contributed by atoms with Gasteiger partial charge in [0.05, 0.1) is 11.5 Å². The van der Waals surface area contributed by atoms with Crippen LogP contribution in [0, 0.1) is 10.1 Å². The van der Waals surface area contributed by atoms with Gasteiger partial charge < -0.3 is 4.74 Å². The highest BCUT2D eigenvalue weighted by Crippen LogP contribution is 2.30. The first-order chi connectivity index (χ1) is 7.06. The van der Waals surface area contributed by atoms with E-state index in [-0.39, 0.29) is 16.3 Å². The van der Waals surface area contributed by atoms with Crippen LogP contribution < -0.4 is 4.74 Å². The van der Waals surface area contributed by atoms with Crippen molar-refractivity contribution in [3.8, 4) is 6.01 Å². The number of rotatable bonds is 4. The molecular weight excluding hydrogens is 245 g/mol. The minimum absolute atomic E-state index is 0.0579. The highest BCUT2D eigenvalue weighted by atomic mass is 35.5. The van der Waals surface area contributed by atoms with Crippen LogP contribution in [0.1, 0.15) is 13.3 Å². The van der Waals surface area contributed by atoms with Crippen LogP contribution in [0.25, 0.3) is 0 Å². The SMILES string of the molecule is CCCOc1nc(Cl)c([N+](=O)[O-])c(Cl)n1. The van der Waals surface area contributed by atoms with Gasteiger partial charge in [0.25, 0.3) is 0 Å². The topological polar surface area (TPSA) is 78.2 Å². The number of halogens is 2. The van der Waals surface area contributed by atoms with E-state index >= 15 is 0 Å². The lowest BCUT2D eigenvalue weighted by Crippen LogP contribution is -2.02. The van der Waals surface area contributed by atoms with Gasteiger partial charge in [-0.1, -0.05) is 30.1 Å². The minimum Gasteiger partial charge on any atom is -0.463 e. The lowest BCUT2D eigenvalue weighted by Gasteiger charge is -2.03. The number of hydrogen-bond acceptors (Lipinski definition) is 5. The van der Waals surface area contributed by atoms with Crippen molar-refractivity contribution in [2.45, 2.75) is 13.3 Å². The zero-order chi connectivity index (χ0) is 11.4. The second-order valence-electron chi connectivity index (χ2n) is 2.54. The first-order valence-electron chi connectivity index (χ1n) is 4.06. The maximum atomic E-state index is 10.5. The molecule has 6 nitrogen and oxygen atoms in total. The Kier molecular flexibility index (Phi) is 4.05. The number of aromatic nitrogens is 2. The Morgan fingerprint density at radius 1 is 1.40 bits per heavy atom. The van der Waals surface area contributed by atoms with E-state index in [4.69, 9.17) is 27.9 Å². The Balaban J connectivity index is 3.03. The fourth-order valence-corrected chi connectivity index (χ4v) is 1.30. The van der Waals surface area contributed by atoms with Gasteiger partial charge in [-0.3, -0.25) is 10.1 Å². The lowest BCUT2D eigenvalue weighted by atomic mass is 10.5. The van der Waals surface area contributed by atoms with Crippen LogP contribution in [0.2, 0.25) is 10.3 Å². The molecule has 0 N–H and O–H groups in total. The van der Waals surface area contributed by atoms with Gasteiger partial charge in [-0.2, -0.15) is 9.97 Å².